The standard InChI is InChI=1S/C5H8FN/c1-2-3-4-5(6)7/h2,7H,1,3-4H2. The molecule has 0 bridgehead atoms. The number of hydrogen-bond donors (Lipinski definition) is 1. The van der Waals surface area contributed by atoms with Crippen LogP contribution in [0.15, 0.2) is 12.7 Å². The summed E-state index contributed by atoms with van der Waals surface area (Å²) >= 11 is 0. The lowest BCUT2D eigenvalue weighted by Gasteiger charge is -1.82. The molecule has 0 heterocycles. The van der Waals surface area contributed by atoms with E-state index in [-0.39, 0.29) is 6.42 Å². The minimum absolute atomic E-state index is 0.198. The zero-order valence-electron chi connectivity index (χ0n) is 4.08. The van der Waals surface area contributed by atoms with E-state index in [1.54, 1.807) is 6.08 Å². The number of rotatable bonds is 3. The van der Waals surface area contributed by atoms with Gasteiger partial charge in [-0.25, -0.2) is 0 Å². The highest BCUT2D eigenvalue weighted by molar-refractivity contribution is 5.71. The predicted octanol–water partition coefficient (Wildman–Crippen LogP) is 1.90. The van der Waals surface area contributed by atoms with E-state index >= 15 is 0 Å². The van der Waals surface area contributed by atoms with Gasteiger partial charge in [-0.1, -0.05) is 6.08 Å². The van der Waals surface area contributed by atoms with Crippen LogP contribution in [0, 0.1) is 5.41 Å². The molecule has 7 heavy (non-hydrogen) atoms. The van der Waals surface area contributed by atoms with E-state index in [1.807, 2.05) is 0 Å². The summed E-state index contributed by atoms with van der Waals surface area (Å²) in [6, 6.07) is 0. The molecule has 0 aromatic heterocycles. The summed E-state index contributed by atoms with van der Waals surface area (Å²) in [6.07, 6.45) is 2.35. The molecule has 0 aromatic carbocycles. The smallest absolute Gasteiger partial charge is 0.181 e. The Balaban J connectivity index is 2.97. The summed E-state index contributed by atoms with van der Waals surface area (Å²) in [5, 5.41) is 6.28. The van der Waals surface area contributed by atoms with Crippen LogP contribution >= 0.6 is 0 Å². The van der Waals surface area contributed by atoms with Gasteiger partial charge in [-0.2, -0.15) is 4.39 Å². The summed E-state index contributed by atoms with van der Waals surface area (Å²) in [5.74, 6) is -0.764. The maximum atomic E-state index is 11.4. The van der Waals surface area contributed by atoms with Crippen LogP contribution in [-0.2, 0) is 0 Å². The first-order valence-corrected chi connectivity index (χ1v) is 2.11. The summed E-state index contributed by atoms with van der Waals surface area (Å²) in [6.45, 7) is 3.37. The Kier molecular flexibility index (Phi) is 3.19. The van der Waals surface area contributed by atoms with Crippen molar-refractivity contribution < 1.29 is 4.39 Å². The lowest BCUT2D eigenvalue weighted by molar-refractivity contribution is 0.750. The van der Waals surface area contributed by atoms with Crippen molar-refractivity contribution in [3.8, 4) is 0 Å². The molecule has 0 aromatic rings. The first kappa shape index (κ1) is 6.34. The van der Waals surface area contributed by atoms with Crippen molar-refractivity contribution in [1.82, 2.24) is 0 Å². The molecule has 40 valence electrons. The van der Waals surface area contributed by atoms with Crippen LogP contribution in [0.2, 0.25) is 0 Å². The normalized spacial score (nSPS) is 8.14. The van der Waals surface area contributed by atoms with Gasteiger partial charge in [-0.05, 0) is 6.42 Å². The van der Waals surface area contributed by atoms with Gasteiger partial charge in [0.2, 0.25) is 0 Å². The van der Waals surface area contributed by atoms with Crippen molar-refractivity contribution in [3.05, 3.63) is 12.7 Å². The molecule has 0 radical (unpaired) electrons. The molecule has 0 atom stereocenters. The second kappa shape index (κ2) is 3.53. The summed E-state index contributed by atoms with van der Waals surface area (Å²) in [7, 11) is 0. The molecule has 0 unspecified atom stereocenters. The van der Waals surface area contributed by atoms with E-state index in [1.165, 1.54) is 0 Å². The molecule has 0 saturated heterocycles. The topological polar surface area (TPSA) is 23.9 Å². The van der Waals surface area contributed by atoms with Gasteiger partial charge in [0.1, 0.15) is 0 Å². The number of allylic oxidation sites excluding steroid dienone is 1. The van der Waals surface area contributed by atoms with Crippen LogP contribution in [0.5, 0.6) is 0 Å². The Bertz CT molecular complexity index is 78.1. The molecule has 0 aliphatic carbocycles. The van der Waals surface area contributed by atoms with Crippen LogP contribution in [-0.4, -0.2) is 5.97 Å². The molecule has 0 fully saturated rings. The maximum Gasteiger partial charge on any atom is 0.181 e. The van der Waals surface area contributed by atoms with Gasteiger partial charge in [0.15, 0.2) is 5.97 Å². The molecule has 0 amide bonds. The monoisotopic (exact) mass is 101 g/mol. The molecule has 2 heteroatoms. The molecular formula is C5H8FN. The quantitative estimate of drug-likeness (QED) is 0.414. The average Bonchev–Trinajstić information content (AvgIpc) is 1.61. The van der Waals surface area contributed by atoms with Crippen LogP contribution in [0.3, 0.4) is 0 Å². The minimum atomic E-state index is -0.764. The fraction of sp³-hybridized carbons (Fsp3) is 0.400. The van der Waals surface area contributed by atoms with Crippen LogP contribution in [0.25, 0.3) is 0 Å². The highest BCUT2D eigenvalue weighted by Gasteiger charge is 1.86. The Labute approximate surface area is 42.4 Å². The number of halogens is 1. The van der Waals surface area contributed by atoms with E-state index in [0.717, 1.165) is 0 Å². The fourth-order valence-electron chi connectivity index (χ4n) is 0.229. The molecule has 1 N–H and O–H groups in total. The van der Waals surface area contributed by atoms with Gasteiger partial charge in [0.05, 0.1) is 0 Å². The Morgan fingerprint density at radius 3 is 2.57 bits per heavy atom. The molecule has 0 spiro atoms. The van der Waals surface area contributed by atoms with E-state index in [9.17, 15) is 4.39 Å². The summed E-state index contributed by atoms with van der Waals surface area (Å²) < 4.78 is 11.4. The average molecular weight is 101 g/mol. The third kappa shape index (κ3) is 5.34. The first-order valence-electron chi connectivity index (χ1n) is 2.11. The van der Waals surface area contributed by atoms with Crippen molar-refractivity contribution in [2.45, 2.75) is 12.8 Å². The van der Waals surface area contributed by atoms with E-state index in [2.05, 4.69) is 6.58 Å². The fourth-order valence-corrected chi connectivity index (χ4v) is 0.229. The predicted molar refractivity (Wildman–Crippen MR) is 28.3 cm³/mol. The molecule has 0 aliphatic rings. The number of nitrogens with one attached hydrogen (secondary N) is 1. The van der Waals surface area contributed by atoms with Gasteiger partial charge in [-0.15, -0.1) is 6.58 Å². The molecule has 0 aliphatic heterocycles. The van der Waals surface area contributed by atoms with E-state index in [4.69, 9.17) is 5.41 Å². The largest absolute Gasteiger partial charge is 0.278 e. The van der Waals surface area contributed by atoms with Crippen molar-refractivity contribution in [3.63, 3.8) is 0 Å². The number of hydrogen-bond acceptors (Lipinski definition) is 1. The van der Waals surface area contributed by atoms with Crippen molar-refractivity contribution in [2.24, 2.45) is 0 Å². The van der Waals surface area contributed by atoms with Gasteiger partial charge in [0, 0.05) is 6.42 Å². The van der Waals surface area contributed by atoms with E-state index in [0.29, 0.717) is 6.42 Å². The lowest BCUT2D eigenvalue weighted by atomic mass is 10.3. The van der Waals surface area contributed by atoms with Crippen LogP contribution in [0.1, 0.15) is 12.8 Å². The molecule has 1 nitrogen and oxygen atoms in total. The molecular weight excluding hydrogens is 93.1 g/mol. The maximum absolute atomic E-state index is 11.4. The Hall–Kier alpha value is -0.660. The highest BCUT2D eigenvalue weighted by atomic mass is 19.1. The lowest BCUT2D eigenvalue weighted by Crippen LogP contribution is -1.81. The first-order chi connectivity index (χ1) is 3.27. The second-order valence-corrected chi connectivity index (χ2v) is 1.23. The zero-order chi connectivity index (χ0) is 5.70. The van der Waals surface area contributed by atoms with Gasteiger partial charge >= 0.3 is 0 Å². The minimum Gasteiger partial charge on any atom is -0.278 e. The van der Waals surface area contributed by atoms with Crippen molar-refractivity contribution in [2.75, 3.05) is 0 Å². The van der Waals surface area contributed by atoms with Gasteiger partial charge in [0.25, 0.3) is 0 Å². The highest BCUT2D eigenvalue weighted by Crippen LogP contribution is 1.90. The Morgan fingerprint density at radius 1 is 1.86 bits per heavy atom. The molecule has 0 rings (SSSR count). The van der Waals surface area contributed by atoms with Crippen molar-refractivity contribution >= 4 is 5.97 Å². The van der Waals surface area contributed by atoms with E-state index < -0.39 is 5.97 Å². The summed E-state index contributed by atoms with van der Waals surface area (Å²) in [5.41, 5.74) is 0. The zero-order valence-corrected chi connectivity index (χ0v) is 4.08. The van der Waals surface area contributed by atoms with Crippen molar-refractivity contribution in [1.29, 1.82) is 5.41 Å². The van der Waals surface area contributed by atoms with Gasteiger partial charge in [-0.3, -0.25) is 5.41 Å². The second-order valence-electron chi connectivity index (χ2n) is 1.23. The summed E-state index contributed by atoms with van der Waals surface area (Å²) in [4.78, 5) is 0. The van der Waals surface area contributed by atoms with Gasteiger partial charge < -0.3 is 0 Å². The van der Waals surface area contributed by atoms with Crippen LogP contribution in [0.4, 0.5) is 4.39 Å². The third-order valence-electron chi connectivity index (χ3n) is 0.568. The van der Waals surface area contributed by atoms with Crippen LogP contribution < -0.4 is 0 Å². The Morgan fingerprint density at radius 2 is 2.43 bits per heavy atom. The SMILES string of the molecule is C=CCCC(=N)F. The molecule has 0 saturated carbocycles. The third-order valence-corrected chi connectivity index (χ3v) is 0.568.